The monoisotopic (exact) mass is 312 g/mol. The van der Waals surface area contributed by atoms with Crippen LogP contribution >= 0.6 is 11.6 Å². The molecule has 1 unspecified atom stereocenters. The summed E-state index contributed by atoms with van der Waals surface area (Å²) in [5, 5.41) is 3.33. The van der Waals surface area contributed by atoms with Gasteiger partial charge in [0.15, 0.2) is 0 Å². The zero-order valence-electron chi connectivity index (χ0n) is 12.6. The molecule has 6 nitrogen and oxygen atoms in total. The number of carbonyl (C=O) groups is 1. The highest BCUT2D eigenvalue weighted by Crippen LogP contribution is 2.26. The average Bonchev–Trinajstić information content (AvgIpc) is 2.91. The second-order valence-electron chi connectivity index (χ2n) is 5.20. The van der Waals surface area contributed by atoms with Crippen LogP contribution in [-0.2, 0) is 11.2 Å². The van der Waals surface area contributed by atoms with Gasteiger partial charge in [0.2, 0.25) is 0 Å². The Hall–Kier alpha value is -1.56. The van der Waals surface area contributed by atoms with Gasteiger partial charge in [-0.05, 0) is 19.8 Å². The summed E-state index contributed by atoms with van der Waals surface area (Å²) in [5.41, 5.74) is 0.884. The van der Waals surface area contributed by atoms with E-state index < -0.39 is 6.09 Å². The highest BCUT2D eigenvalue weighted by molar-refractivity contribution is 6.30. The lowest BCUT2D eigenvalue weighted by Crippen LogP contribution is -2.37. The first-order chi connectivity index (χ1) is 10.0. The van der Waals surface area contributed by atoms with Crippen LogP contribution in [0.5, 0.6) is 0 Å². The summed E-state index contributed by atoms with van der Waals surface area (Å²) in [6.07, 6.45) is 2.25. The predicted molar refractivity (Wildman–Crippen MR) is 81.9 cm³/mol. The maximum atomic E-state index is 11.3. The quantitative estimate of drug-likeness (QED) is 0.864. The van der Waals surface area contributed by atoms with Crippen LogP contribution in [-0.4, -0.2) is 42.3 Å². The predicted octanol–water partition coefficient (Wildman–Crippen LogP) is 2.33. The van der Waals surface area contributed by atoms with Gasteiger partial charge in [-0.3, -0.25) is 0 Å². The molecule has 1 aromatic heterocycles. The lowest BCUT2D eigenvalue weighted by atomic mass is 10.2. The van der Waals surface area contributed by atoms with Gasteiger partial charge in [0.1, 0.15) is 16.8 Å². The Morgan fingerprint density at radius 1 is 1.52 bits per heavy atom. The van der Waals surface area contributed by atoms with E-state index in [-0.39, 0.29) is 6.04 Å². The van der Waals surface area contributed by atoms with Crippen LogP contribution in [0.15, 0.2) is 0 Å². The maximum Gasteiger partial charge on any atom is 0.407 e. The number of hydrogen-bond acceptors (Lipinski definition) is 5. The summed E-state index contributed by atoms with van der Waals surface area (Å²) in [5.74, 6) is 1.64. The van der Waals surface area contributed by atoms with Crippen LogP contribution in [0.4, 0.5) is 10.6 Å². The molecule has 2 rings (SSSR count). The summed E-state index contributed by atoms with van der Waals surface area (Å²) in [6, 6.07) is 0.0696. The van der Waals surface area contributed by atoms with Crippen molar-refractivity contribution in [2.45, 2.75) is 39.2 Å². The number of carbonyl (C=O) groups excluding carboxylic acids is 1. The third kappa shape index (κ3) is 3.75. The number of ether oxygens (including phenoxy) is 1. The fourth-order valence-corrected chi connectivity index (χ4v) is 2.64. The fraction of sp³-hybridized carbons (Fsp3) is 0.643. The maximum absolute atomic E-state index is 11.3. The number of nitrogens with one attached hydrogen (secondary N) is 1. The standard InChI is InChI=1S/C14H21ClN4O2/c1-4-5-11-17-12(15)9(2)13(18-11)19-7-6-10(8-19)16-14(20)21-3/h10H,4-8H2,1-3H3,(H,16,20). The molecule has 1 fully saturated rings. The van der Waals surface area contributed by atoms with Gasteiger partial charge in [-0.15, -0.1) is 0 Å². The van der Waals surface area contributed by atoms with Crippen LogP contribution in [0.1, 0.15) is 31.2 Å². The van der Waals surface area contributed by atoms with Crippen molar-refractivity contribution >= 4 is 23.5 Å². The van der Waals surface area contributed by atoms with Crippen molar-refractivity contribution < 1.29 is 9.53 Å². The second kappa shape index (κ2) is 6.93. The van der Waals surface area contributed by atoms with Gasteiger partial charge in [-0.2, -0.15) is 0 Å². The number of anilines is 1. The second-order valence-corrected chi connectivity index (χ2v) is 5.55. The first-order valence-electron chi connectivity index (χ1n) is 7.17. The molecular formula is C14H21ClN4O2. The van der Waals surface area contributed by atoms with E-state index in [1.165, 1.54) is 7.11 Å². The smallest absolute Gasteiger partial charge is 0.407 e. The van der Waals surface area contributed by atoms with Gasteiger partial charge in [-0.25, -0.2) is 14.8 Å². The number of methoxy groups -OCH3 is 1. The SMILES string of the molecule is CCCc1nc(Cl)c(C)c(N2CCC(NC(=O)OC)C2)n1. The summed E-state index contributed by atoms with van der Waals surface area (Å²) < 4.78 is 4.63. The van der Waals surface area contributed by atoms with Crippen molar-refractivity contribution in [3.05, 3.63) is 16.5 Å². The van der Waals surface area contributed by atoms with Gasteiger partial charge in [0, 0.05) is 25.1 Å². The Kier molecular flexibility index (Phi) is 5.22. The van der Waals surface area contributed by atoms with Crippen molar-refractivity contribution in [2.75, 3.05) is 25.1 Å². The molecular weight excluding hydrogens is 292 g/mol. The number of aromatic nitrogens is 2. The summed E-state index contributed by atoms with van der Waals surface area (Å²) in [6.45, 7) is 5.54. The Bertz CT molecular complexity index is 524. The van der Waals surface area contributed by atoms with Crippen molar-refractivity contribution in [1.82, 2.24) is 15.3 Å². The van der Waals surface area contributed by atoms with E-state index in [0.717, 1.165) is 43.0 Å². The lowest BCUT2D eigenvalue weighted by molar-refractivity contribution is 0.167. The van der Waals surface area contributed by atoms with Crippen molar-refractivity contribution in [3.63, 3.8) is 0 Å². The van der Waals surface area contributed by atoms with E-state index in [1.54, 1.807) is 0 Å². The van der Waals surface area contributed by atoms with Crippen LogP contribution in [0.25, 0.3) is 0 Å². The molecule has 1 saturated heterocycles. The molecule has 21 heavy (non-hydrogen) atoms. The number of amides is 1. The largest absolute Gasteiger partial charge is 0.453 e. The third-order valence-corrected chi connectivity index (χ3v) is 3.94. The minimum atomic E-state index is -0.397. The van der Waals surface area contributed by atoms with E-state index in [0.29, 0.717) is 11.7 Å². The molecule has 7 heteroatoms. The summed E-state index contributed by atoms with van der Waals surface area (Å²) in [7, 11) is 1.37. The zero-order chi connectivity index (χ0) is 15.4. The molecule has 0 saturated carbocycles. The Balaban J connectivity index is 2.13. The molecule has 116 valence electrons. The van der Waals surface area contributed by atoms with E-state index in [9.17, 15) is 4.79 Å². The highest BCUT2D eigenvalue weighted by atomic mass is 35.5. The Labute approximate surface area is 129 Å². The summed E-state index contributed by atoms with van der Waals surface area (Å²) >= 11 is 6.21. The molecule has 0 aliphatic carbocycles. The Morgan fingerprint density at radius 2 is 2.29 bits per heavy atom. The Morgan fingerprint density at radius 3 is 2.95 bits per heavy atom. The molecule has 0 aromatic carbocycles. The van der Waals surface area contributed by atoms with Gasteiger partial charge in [0.05, 0.1) is 13.2 Å². The molecule has 2 heterocycles. The van der Waals surface area contributed by atoms with E-state index in [4.69, 9.17) is 11.6 Å². The molecule has 1 N–H and O–H groups in total. The van der Waals surface area contributed by atoms with Crippen molar-refractivity contribution in [3.8, 4) is 0 Å². The molecule has 0 spiro atoms. The number of rotatable bonds is 4. The molecule has 0 bridgehead atoms. The molecule has 1 aliphatic rings. The highest BCUT2D eigenvalue weighted by Gasteiger charge is 2.27. The van der Waals surface area contributed by atoms with Crippen LogP contribution in [0, 0.1) is 6.92 Å². The first-order valence-corrected chi connectivity index (χ1v) is 7.55. The molecule has 1 amide bonds. The molecule has 0 radical (unpaired) electrons. The van der Waals surface area contributed by atoms with Gasteiger partial charge in [-0.1, -0.05) is 18.5 Å². The zero-order valence-corrected chi connectivity index (χ0v) is 13.4. The lowest BCUT2D eigenvalue weighted by Gasteiger charge is -2.21. The number of halogens is 1. The van der Waals surface area contributed by atoms with Gasteiger partial charge >= 0.3 is 6.09 Å². The van der Waals surface area contributed by atoms with E-state index in [1.807, 2.05) is 6.92 Å². The minimum absolute atomic E-state index is 0.0696. The molecule has 1 atom stereocenters. The number of alkyl carbamates (subject to hydrolysis) is 1. The molecule has 1 aliphatic heterocycles. The topological polar surface area (TPSA) is 67.4 Å². The number of nitrogens with zero attached hydrogens (tertiary/aromatic N) is 3. The van der Waals surface area contributed by atoms with Crippen LogP contribution in [0.3, 0.4) is 0 Å². The number of aryl methyl sites for hydroxylation is 1. The van der Waals surface area contributed by atoms with Crippen LogP contribution < -0.4 is 10.2 Å². The molecule has 1 aromatic rings. The van der Waals surface area contributed by atoms with Crippen LogP contribution in [0.2, 0.25) is 5.15 Å². The van der Waals surface area contributed by atoms with Gasteiger partial charge in [0.25, 0.3) is 0 Å². The van der Waals surface area contributed by atoms with Crippen molar-refractivity contribution in [1.29, 1.82) is 0 Å². The summed E-state index contributed by atoms with van der Waals surface area (Å²) in [4.78, 5) is 22.4. The van der Waals surface area contributed by atoms with E-state index in [2.05, 4.69) is 31.8 Å². The fourth-order valence-electron chi connectivity index (χ4n) is 2.46. The minimum Gasteiger partial charge on any atom is -0.453 e. The first kappa shape index (κ1) is 15.8. The van der Waals surface area contributed by atoms with Gasteiger partial charge < -0.3 is 15.0 Å². The third-order valence-electron chi connectivity index (χ3n) is 3.58. The average molecular weight is 313 g/mol. The number of hydrogen-bond donors (Lipinski definition) is 1. The van der Waals surface area contributed by atoms with E-state index >= 15 is 0 Å². The normalized spacial score (nSPS) is 17.9. The van der Waals surface area contributed by atoms with Crippen molar-refractivity contribution in [2.24, 2.45) is 0 Å².